The Balaban J connectivity index is 1.28. The molecule has 4 rings (SSSR count). The minimum absolute atomic E-state index is 0.0686. The molecule has 6 nitrogen and oxygen atoms in total. The Morgan fingerprint density at radius 2 is 1.85 bits per heavy atom. The normalized spacial score (nSPS) is 23.8. The van der Waals surface area contributed by atoms with Gasteiger partial charge in [0.1, 0.15) is 0 Å². The summed E-state index contributed by atoms with van der Waals surface area (Å²) >= 11 is 0. The average Bonchev–Trinajstić information content (AvgIpc) is 3.53. The molecule has 0 unspecified atom stereocenters. The molecule has 3 aliphatic rings. The van der Waals surface area contributed by atoms with Gasteiger partial charge in [-0.3, -0.25) is 9.59 Å². The summed E-state index contributed by atoms with van der Waals surface area (Å²) in [5.74, 6) is 0.219. The van der Waals surface area contributed by atoms with Gasteiger partial charge in [-0.05, 0) is 37.0 Å². The molecule has 1 aliphatic carbocycles. The molecule has 1 aromatic rings. The van der Waals surface area contributed by atoms with Crippen molar-refractivity contribution in [2.75, 3.05) is 37.7 Å². The van der Waals surface area contributed by atoms with Crippen LogP contribution in [0, 0.1) is 5.92 Å². The van der Waals surface area contributed by atoms with E-state index in [1.54, 1.807) is 0 Å². The highest BCUT2D eigenvalue weighted by Crippen LogP contribution is 2.31. The molecule has 0 spiro atoms. The van der Waals surface area contributed by atoms with E-state index in [-0.39, 0.29) is 17.7 Å². The van der Waals surface area contributed by atoms with Gasteiger partial charge in [-0.1, -0.05) is 12.1 Å². The molecule has 2 saturated heterocycles. The number of carbonyl (C=O) groups excluding carboxylic acids is 2. The number of rotatable bonds is 5. The number of anilines is 1. The fourth-order valence-electron chi connectivity index (χ4n) is 3.80. The SMILES string of the molecule is O=C(NCc1ccc(N2CCOCC2)cc1)[C@@H]1CCC(=O)N(C2CC2)C1. The van der Waals surface area contributed by atoms with Crippen LogP contribution in [0.4, 0.5) is 5.69 Å². The summed E-state index contributed by atoms with van der Waals surface area (Å²) in [5, 5.41) is 3.05. The molecular formula is C20H27N3O3. The van der Waals surface area contributed by atoms with Gasteiger partial charge in [0, 0.05) is 44.3 Å². The summed E-state index contributed by atoms with van der Waals surface area (Å²) in [6.45, 7) is 4.53. The largest absolute Gasteiger partial charge is 0.378 e. The van der Waals surface area contributed by atoms with Crippen molar-refractivity contribution in [3.8, 4) is 0 Å². The second-order valence-corrected chi connectivity index (χ2v) is 7.50. The number of nitrogens with one attached hydrogen (secondary N) is 1. The quantitative estimate of drug-likeness (QED) is 0.868. The maximum atomic E-state index is 12.5. The van der Waals surface area contributed by atoms with Crippen molar-refractivity contribution in [2.24, 2.45) is 5.92 Å². The van der Waals surface area contributed by atoms with Crippen LogP contribution in [-0.2, 0) is 20.9 Å². The maximum absolute atomic E-state index is 12.5. The van der Waals surface area contributed by atoms with Gasteiger partial charge in [-0.25, -0.2) is 0 Å². The van der Waals surface area contributed by atoms with Crippen molar-refractivity contribution >= 4 is 17.5 Å². The number of hydrogen-bond acceptors (Lipinski definition) is 4. The first-order valence-electron chi connectivity index (χ1n) is 9.69. The van der Waals surface area contributed by atoms with E-state index in [0.29, 0.717) is 32.0 Å². The van der Waals surface area contributed by atoms with Gasteiger partial charge >= 0.3 is 0 Å². The zero-order valence-electron chi connectivity index (χ0n) is 15.2. The number of ether oxygens (including phenoxy) is 1. The third-order valence-corrected chi connectivity index (χ3v) is 5.58. The topological polar surface area (TPSA) is 61.9 Å². The molecule has 1 saturated carbocycles. The number of morpholine rings is 1. The summed E-state index contributed by atoms with van der Waals surface area (Å²) < 4.78 is 5.39. The highest BCUT2D eigenvalue weighted by atomic mass is 16.5. The average molecular weight is 357 g/mol. The van der Waals surface area contributed by atoms with Crippen molar-refractivity contribution in [1.82, 2.24) is 10.2 Å². The molecule has 6 heteroatoms. The summed E-state index contributed by atoms with van der Waals surface area (Å²) in [6.07, 6.45) is 3.36. The highest BCUT2D eigenvalue weighted by molar-refractivity contribution is 5.84. The number of hydrogen-bond donors (Lipinski definition) is 1. The Kier molecular flexibility index (Phi) is 5.11. The summed E-state index contributed by atoms with van der Waals surface area (Å²) in [5.41, 5.74) is 2.30. The standard InChI is InChI=1S/C20H27N3O3/c24-19-8-3-16(14-23(19)18-6-7-18)20(25)21-13-15-1-4-17(5-2-15)22-9-11-26-12-10-22/h1-2,4-5,16,18H,3,6-14H2,(H,21,25)/t16-/m1/s1. The van der Waals surface area contributed by atoms with Crippen LogP contribution in [0.2, 0.25) is 0 Å². The molecule has 0 radical (unpaired) electrons. The van der Waals surface area contributed by atoms with Crippen molar-refractivity contribution in [3.05, 3.63) is 29.8 Å². The van der Waals surface area contributed by atoms with Gasteiger partial charge in [0.15, 0.2) is 0 Å². The second kappa shape index (κ2) is 7.66. The van der Waals surface area contributed by atoms with E-state index < -0.39 is 0 Å². The first-order valence-corrected chi connectivity index (χ1v) is 9.69. The van der Waals surface area contributed by atoms with Crippen LogP contribution in [0.1, 0.15) is 31.2 Å². The van der Waals surface area contributed by atoms with Crippen LogP contribution in [0.25, 0.3) is 0 Å². The van der Waals surface area contributed by atoms with Crippen LogP contribution < -0.4 is 10.2 Å². The number of nitrogens with zero attached hydrogens (tertiary/aromatic N) is 2. The fraction of sp³-hybridized carbons (Fsp3) is 0.600. The molecule has 3 fully saturated rings. The summed E-state index contributed by atoms with van der Waals surface area (Å²) in [4.78, 5) is 28.7. The third kappa shape index (κ3) is 4.01. The monoisotopic (exact) mass is 357 g/mol. The van der Waals surface area contributed by atoms with Gasteiger partial charge in [-0.2, -0.15) is 0 Å². The molecule has 2 aliphatic heterocycles. The van der Waals surface area contributed by atoms with Gasteiger partial charge in [-0.15, -0.1) is 0 Å². The molecule has 1 N–H and O–H groups in total. The number of piperidine rings is 1. The third-order valence-electron chi connectivity index (χ3n) is 5.58. The predicted molar refractivity (Wildman–Crippen MR) is 98.8 cm³/mol. The molecule has 2 heterocycles. The first-order chi connectivity index (χ1) is 12.7. The molecule has 2 amide bonds. The summed E-state index contributed by atoms with van der Waals surface area (Å²) in [7, 11) is 0. The van der Waals surface area contributed by atoms with Crippen molar-refractivity contribution < 1.29 is 14.3 Å². The Hall–Kier alpha value is -2.08. The number of likely N-dealkylation sites (tertiary alicyclic amines) is 1. The Labute approximate surface area is 154 Å². The maximum Gasteiger partial charge on any atom is 0.225 e. The molecule has 1 atom stereocenters. The second-order valence-electron chi connectivity index (χ2n) is 7.50. The first kappa shape index (κ1) is 17.3. The van der Waals surface area contributed by atoms with Gasteiger partial charge in [0.2, 0.25) is 11.8 Å². The number of carbonyl (C=O) groups is 2. The van der Waals surface area contributed by atoms with E-state index in [1.165, 1.54) is 5.69 Å². The fourth-order valence-corrected chi connectivity index (χ4v) is 3.80. The lowest BCUT2D eigenvalue weighted by atomic mass is 9.96. The lowest BCUT2D eigenvalue weighted by Crippen LogP contribution is -2.46. The number of benzene rings is 1. The van der Waals surface area contributed by atoms with E-state index in [1.807, 2.05) is 4.90 Å². The molecular weight excluding hydrogens is 330 g/mol. The van der Waals surface area contributed by atoms with E-state index in [9.17, 15) is 9.59 Å². The Bertz CT molecular complexity index is 651. The van der Waals surface area contributed by atoms with Gasteiger partial charge in [0.05, 0.1) is 19.1 Å². The number of amides is 2. The van der Waals surface area contributed by atoms with E-state index in [4.69, 9.17) is 4.74 Å². The van der Waals surface area contributed by atoms with E-state index in [0.717, 1.165) is 44.7 Å². The zero-order chi connectivity index (χ0) is 17.9. The smallest absolute Gasteiger partial charge is 0.225 e. The lowest BCUT2D eigenvalue weighted by molar-refractivity contribution is -0.138. The van der Waals surface area contributed by atoms with Crippen LogP contribution >= 0.6 is 0 Å². The van der Waals surface area contributed by atoms with Crippen molar-refractivity contribution in [2.45, 2.75) is 38.3 Å². The van der Waals surface area contributed by atoms with Crippen molar-refractivity contribution in [3.63, 3.8) is 0 Å². The van der Waals surface area contributed by atoms with Gasteiger partial charge < -0.3 is 19.9 Å². The van der Waals surface area contributed by atoms with E-state index >= 15 is 0 Å². The highest BCUT2D eigenvalue weighted by Gasteiger charge is 2.38. The van der Waals surface area contributed by atoms with E-state index in [2.05, 4.69) is 34.5 Å². The minimum atomic E-state index is -0.0686. The van der Waals surface area contributed by atoms with Crippen LogP contribution in [0.15, 0.2) is 24.3 Å². The van der Waals surface area contributed by atoms with Gasteiger partial charge in [0.25, 0.3) is 0 Å². The summed E-state index contributed by atoms with van der Waals surface area (Å²) in [6, 6.07) is 8.77. The predicted octanol–water partition coefficient (Wildman–Crippen LogP) is 1.54. The zero-order valence-corrected chi connectivity index (χ0v) is 15.2. The lowest BCUT2D eigenvalue weighted by Gasteiger charge is -2.32. The Morgan fingerprint density at radius 3 is 2.54 bits per heavy atom. The molecule has 0 aromatic heterocycles. The van der Waals surface area contributed by atoms with Crippen LogP contribution in [-0.4, -0.2) is 55.6 Å². The molecule has 0 bridgehead atoms. The molecule has 140 valence electrons. The molecule has 1 aromatic carbocycles. The van der Waals surface area contributed by atoms with Crippen LogP contribution in [0.3, 0.4) is 0 Å². The minimum Gasteiger partial charge on any atom is -0.378 e. The Morgan fingerprint density at radius 1 is 1.12 bits per heavy atom. The molecule has 26 heavy (non-hydrogen) atoms. The van der Waals surface area contributed by atoms with Crippen molar-refractivity contribution in [1.29, 1.82) is 0 Å². The van der Waals surface area contributed by atoms with Crippen LogP contribution in [0.5, 0.6) is 0 Å².